The fraction of sp³-hybridized carbons (Fsp3) is 0.222. The van der Waals surface area contributed by atoms with Crippen LogP contribution in [0.3, 0.4) is 0 Å². The molecule has 0 unspecified atom stereocenters. The third kappa shape index (κ3) is 3.45. The summed E-state index contributed by atoms with van der Waals surface area (Å²) in [7, 11) is 0. The van der Waals surface area contributed by atoms with Crippen molar-refractivity contribution in [2.75, 3.05) is 18.1 Å². The van der Waals surface area contributed by atoms with E-state index in [-0.39, 0.29) is 18.5 Å². The summed E-state index contributed by atoms with van der Waals surface area (Å²) in [5, 5.41) is 0. The van der Waals surface area contributed by atoms with E-state index in [0.29, 0.717) is 18.5 Å². The molecule has 1 aliphatic rings. The van der Waals surface area contributed by atoms with E-state index in [1.807, 2.05) is 48.5 Å². The maximum absolute atomic E-state index is 13.0. The number of rotatable bonds is 4. The molecule has 0 spiro atoms. The molecule has 118 valence electrons. The van der Waals surface area contributed by atoms with Crippen LogP contribution in [0.25, 0.3) is 0 Å². The van der Waals surface area contributed by atoms with Crippen LogP contribution in [0.4, 0.5) is 5.69 Å². The first-order valence-corrected chi connectivity index (χ1v) is 8.35. The van der Waals surface area contributed by atoms with Crippen LogP contribution in [0.15, 0.2) is 59.1 Å². The van der Waals surface area contributed by atoms with Crippen LogP contribution in [0.2, 0.25) is 0 Å². The Hall–Kier alpha value is -2.14. The fourth-order valence-corrected chi connectivity index (χ4v) is 3.13. The Morgan fingerprint density at radius 3 is 2.43 bits per heavy atom. The van der Waals surface area contributed by atoms with Gasteiger partial charge in [-0.2, -0.15) is 0 Å². The van der Waals surface area contributed by atoms with Crippen molar-refractivity contribution in [1.82, 2.24) is 4.90 Å². The van der Waals surface area contributed by atoms with Crippen molar-refractivity contribution in [2.45, 2.75) is 12.8 Å². The predicted molar refractivity (Wildman–Crippen MR) is 93.2 cm³/mol. The van der Waals surface area contributed by atoms with Crippen LogP contribution in [0.5, 0.6) is 0 Å². The second-order valence-corrected chi connectivity index (χ2v) is 6.31. The standard InChI is InChI=1S/C18H17BrN2O2/c19-16-10-5-4-9-15(16)18(23)21(14-7-2-1-3-8-14)13-20-12-6-11-17(20)22/h1-5,7-10H,6,11-13H2. The lowest BCUT2D eigenvalue weighted by atomic mass is 10.2. The number of amides is 2. The average molecular weight is 373 g/mol. The van der Waals surface area contributed by atoms with Gasteiger partial charge < -0.3 is 4.90 Å². The summed E-state index contributed by atoms with van der Waals surface area (Å²) in [5.74, 6) is -0.0192. The molecule has 3 rings (SSSR count). The van der Waals surface area contributed by atoms with Crippen molar-refractivity contribution < 1.29 is 9.59 Å². The van der Waals surface area contributed by atoms with E-state index < -0.39 is 0 Å². The number of nitrogens with zero attached hydrogens (tertiary/aromatic N) is 2. The van der Waals surface area contributed by atoms with Crippen LogP contribution in [-0.4, -0.2) is 29.9 Å². The topological polar surface area (TPSA) is 40.6 Å². The molecule has 5 heteroatoms. The monoisotopic (exact) mass is 372 g/mol. The molecular formula is C18H17BrN2O2. The summed E-state index contributed by atoms with van der Waals surface area (Å²) in [6, 6.07) is 16.8. The SMILES string of the molecule is O=C1CCCN1CN(C(=O)c1ccccc1Br)c1ccccc1. The van der Waals surface area contributed by atoms with Crippen molar-refractivity contribution in [2.24, 2.45) is 0 Å². The summed E-state index contributed by atoms with van der Waals surface area (Å²) < 4.78 is 0.749. The quantitative estimate of drug-likeness (QED) is 0.821. The van der Waals surface area contributed by atoms with Gasteiger partial charge in [-0.25, -0.2) is 0 Å². The molecule has 0 atom stereocenters. The Kier molecular flexibility index (Phi) is 4.76. The Bertz CT molecular complexity index is 718. The molecular weight excluding hydrogens is 356 g/mol. The first kappa shape index (κ1) is 15.7. The molecule has 4 nitrogen and oxygen atoms in total. The van der Waals surface area contributed by atoms with Crippen molar-refractivity contribution in [1.29, 1.82) is 0 Å². The zero-order chi connectivity index (χ0) is 16.2. The Labute approximate surface area is 143 Å². The Morgan fingerprint density at radius 2 is 1.78 bits per heavy atom. The second-order valence-electron chi connectivity index (χ2n) is 5.45. The summed E-state index contributed by atoms with van der Waals surface area (Å²) in [6.45, 7) is 0.981. The molecule has 2 amide bonds. The van der Waals surface area contributed by atoms with Crippen molar-refractivity contribution in [3.05, 3.63) is 64.6 Å². The van der Waals surface area contributed by atoms with Crippen LogP contribution < -0.4 is 4.90 Å². The van der Waals surface area contributed by atoms with E-state index >= 15 is 0 Å². The lowest BCUT2D eigenvalue weighted by molar-refractivity contribution is -0.127. The molecule has 1 aliphatic heterocycles. The number of carbonyl (C=O) groups excluding carboxylic acids is 2. The first-order chi connectivity index (χ1) is 11.2. The molecule has 1 fully saturated rings. The summed E-state index contributed by atoms with van der Waals surface area (Å²) in [5.41, 5.74) is 1.37. The van der Waals surface area contributed by atoms with Gasteiger partial charge in [0.25, 0.3) is 5.91 Å². The van der Waals surface area contributed by atoms with Gasteiger partial charge in [0.2, 0.25) is 5.91 Å². The van der Waals surface area contributed by atoms with Crippen molar-refractivity contribution in [3.63, 3.8) is 0 Å². The molecule has 0 bridgehead atoms. The number of carbonyl (C=O) groups is 2. The minimum atomic E-state index is -0.122. The van der Waals surface area contributed by atoms with Gasteiger partial charge in [-0.1, -0.05) is 30.3 Å². The molecule has 2 aromatic carbocycles. The van der Waals surface area contributed by atoms with Gasteiger partial charge in [0.15, 0.2) is 0 Å². The summed E-state index contributed by atoms with van der Waals surface area (Å²) in [4.78, 5) is 28.4. The number of anilines is 1. The number of halogens is 1. The number of para-hydroxylation sites is 1. The van der Waals surface area contributed by atoms with Gasteiger partial charge in [0.05, 0.1) is 5.56 Å². The van der Waals surface area contributed by atoms with Crippen LogP contribution in [0, 0.1) is 0 Å². The summed E-state index contributed by atoms with van der Waals surface area (Å²) >= 11 is 3.43. The van der Waals surface area contributed by atoms with Crippen LogP contribution in [-0.2, 0) is 4.79 Å². The summed E-state index contributed by atoms with van der Waals surface area (Å²) in [6.07, 6.45) is 1.41. The zero-order valence-corrected chi connectivity index (χ0v) is 14.2. The van der Waals surface area contributed by atoms with Crippen LogP contribution in [0.1, 0.15) is 23.2 Å². The number of hydrogen-bond acceptors (Lipinski definition) is 2. The van der Waals surface area contributed by atoms with Gasteiger partial charge in [-0.15, -0.1) is 0 Å². The highest BCUT2D eigenvalue weighted by molar-refractivity contribution is 9.10. The van der Waals surface area contributed by atoms with E-state index in [1.165, 1.54) is 0 Å². The maximum atomic E-state index is 13.0. The van der Waals surface area contributed by atoms with E-state index in [1.54, 1.807) is 15.9 Å². The van der Waals surface area contributed by atoms with E-state index in [0.717, 1.165) is 16.6 Å². The van der Waals surface area contributed by atoms with Gasteiger partial charge >= 0.3 is 0 Å². The number of benzene rings is 2. The molecule has 1 saturated heterocycles. The average Bonchev–Trinajstić information content (AvgIpc) is 2.98. The van der Waals surface area contributed by atoms with Gasteiger partial charge in [0.1, 0.15) is 6.67 Å². The molecule has 0 radical (unpaired) electrons. The predicted octanol–water partition coefficient (Wildman–Crippen LogP) is 3.68. The van der Waals surface area contributed by atoms with Crippen molar-refractivity contribution >= 4 is 33.4 Å². The smallest absolute Gasteiger partial charge is 0.260 e. The first-order valence-electron chi connectivity index (χ1n) is 7.56. The highest BCUT2D eigenvalue weighted by Crippen LogP contribution is 2.23. The number of hydrogen-bond donors (Lipinski definition) is 0. The molecule has 23 heavy (non-hydrogen) atoms. The number of likely N-dealkylation sites (tertiary alicyclic amines) is 1. The lowest BCUT2D eigenvalue weighted by Crippen LogP contribution is -2.42. The highest BCUT2D eigenvalue weighted by Gasteiger charge is 2.26. The zero-order valence-electron chi connectivity index (χ0n) is 12.6. The van der Waals surface area contributed by atoms with Gasteiger partial charge in [0, 0.05) is 23.1 Å². The van der Waals surface area contributed by atoms with Crippen molar-refractivity contribution in [3.8, 4) is 0 Å². The Morgan fingerprint density at radius 1 is 1.09 bits per heavy atom. The lowest BCUT2D eigenvalue weighted by Gasteiger charge is -2.28. The largest absolute Gasteiger partial charge is 0.324 e. The van der Waals surface area contributed by atoms with Gasteiger partial charge in [-0.05, 0) is 46.6 Å². The molecule has 0 saturated carbocycles. The van der Waals surface area contributed by atoms with Gasteiger partial charge in [-0.3, -0.25) is 14.5 Å². The second kappa shape index (κ2) is 6.96. The maximum Gasteiger partial charge on any atom is 0.260 e. The van der Waals surface area contributed by atoms with Crippen LogP contribution >= 0.6 is 15.9 Å². The minimum Gasteiger partial charge on any atom is -0.324 e. The highest BCUT2D eigenvalue weighted by atomic mass is 79.9. The molecule has 2 aromatic rings. The minimum absolute atomic E-state index is 0.103. The third-order valence-corrected chi connectivity index (χ3v) is 4.59. The van der Waals surface area contributed by atoms with E-state index in [4.69, 9.17) is 0 Å². The van der Waals surface area contributed by atoms with E-state index in [9.17, 15) is 9.59 Å². The molecule has 0 aromatic heterocycles. The third-order valence-electron chi connectivity index (χ3n) is 3.90. The Balaban J connectivity index is 1.93. The fourth-order valence-electron chi connectivity index (χ4n) is 2.68. The van der Waals surface area contributed by atoms with E-state index in [2.05, 4.69) is 15.9 Å². The molecule has 0 N–H and O–H groups in total. The normalized spacial score (nSPS) is 14.1. The molecule has 0 aliphatic carbocycles. The molecule has 1 heterocycles.